The highest BCUT2D eigenvalue weighted by molar-refractivity contribution is 7.13. The number of benzene rings is 1. The van der Waals surface area contributed by atoms with Crippen LogP contribution in [0.4, 0.5) is 0 Å². The van der Waals surface area contributed by atoms with Gasteiger partial charge < -0.3 is 25.6 Å². The fourth-order valence-corrected chi connectivity index (χ4v) is 5.98. The minimum absolute atomic E-state index is 0.00454. The summed E-state index contributed by atoms with van der Waals surface area (Å²) in [5, 5.41) is 16.6. The van der Waals surface area contributed by atoms with E-state index < -0.39 is 5.97 Å². The average Bonchev–Trinajstić information content (AvgIpc) is 3.54. The summed E-state index contributed by atoms with van der Waals surface area (Å²) in [5.41, 5.74) is 3.41. The van der Waals surface area contributed by atoms with Gasteiger partial charge in [0.15, 0.2) is 5.01 Å². The van der Waals surface area contributed by atoms with E-state index in [1.54, 1.807) is 0 Å². The highest BCUT2D eigenvalue weighted by Crippen LogP contribution is 2.25. The lowest BCUT2D eigenvalue weighted by molar-refractivity contribution is -0.137. The minimum atomic E-state index is -0.880. The highest BCUT2D eigenvalue weighted by atomic mass is 32.1. The smallest absolute Gasteiger partial charge is 0.304 e. The zero-order valence-electron chi connectivity index (χ0n) is 20.3. The molecular weight excluding hydrogens is 480 g/mol. The SMILES string of the molecule is Cc1ccc2[nH]c(C(=O)N[C@@H]3CN(CCC(=O)O)C[C@H]3NC(=O)c3nc4c(s3)CN(C)CC4)cc2c1. The third-order valence-electron chi connectivity index (χ3n) is 6.81. The van der Waals surface area contributed by atoms with Gasteiger partial charge in [-0.3, -0.25) is 19.3 Å². The van der Waals surface area contributed by atoms with Gasteiger partial charge in [0.2, 0.25) is 0 Å². The second kappa shape index (κ2) is 10.00. The molecule has 4 N–H and O–H groups in total. The van der Waals surface area contributed by atoms with Gasteiger partial charge in [-0.1, -0.05) is 11.6 Å². The van der Waals surface area contributed by atoms with Crippen molar-refractivity contribution >= 4 is 40.0 Å². The normalized spacial score (nSPS) is 20.4. The molecule has 0 unspecified atom stereocenters. The van der Waals surface area contributed by atoms with E-state index in [0.717, 1.165) is 46.5 Å². The molecule has 11 heteroatoms. The number of aryl methyl sites for hydroxylation is 1. The number of carbonyl (C=O) groups excluding carboxylic acids is 2. The number of carboxylic acid groups (broad SMARTS) is 1. The molecule has 2 aliphatic heterocycles. The second-order valence-corrected chi connectivity index (χ2v) is 10.8. The third kappa shape index (κ3) is 5.28. The zero-order chi connectivity index (χ0) is 25.4. The molecular formula is C25H30N6O4S. The van der Waals surface area contributed by atoms with Crippen LogP contribution in [0.1, 0.15) is 42.8 Å². The number of nitrogens with one attached hydrogen (secondary N) is 3. The van der Waals surface area contributed by atoms with E-state index in [-0.39, 0.29) is 30.3 Å². The molecule has 0 saturated carbocycles. The summed E-state index contributed by atoms with van der Waals surface area (Å²) in [5.74, 6) is -1.40. The van der Waals surface area contributed by atoms with Crippen LogP contribution in [0.25, 0.3) is 10.9 Å². The number of aromatic amines is 1. The molecule has 2 amide bonds. The highest BCUT2D eigenvalue weighted by Gasteiger charge is 2.36. The number of hydrogen-bond acceptors (Lipinski definition) is 7. The number of aromatic nitrogens is 2. The quantitative estimate of drug-likeness (QED) is 0.380. The van der Waals surface area contributed by atoms with E-state index in [1.807, 2.05) is 43.1 Å². The molecule has 4 heterocycles. The number of nitrogens with zero attached hydrogens (tertiary/aromatic N) is 3. The predicted octanol–water partition coefficient (Wildman–Crippen LogP) is 1.61. The summed E-state index contributed by atoms with van der Waals surface area (Å²) in [6.45, 7) is 4.94. The van der Waals surface area contributed by atoms with Crippen LogP contribution in [0.2, 0.25) is 0 Å². The largest absolute Gasteiger partial charge is 0.481 e. The zero-order valence-corrected chi connectivity index (χ0v) is 21.2. The van der Waals surface area contributed by atoms with Gasteiger partial charge in [-0.05, 0) is 32.2 Å². The van der Waals surface area contributed by atoms with E-state index in [4.69, 9.17) is 5.11 Å². The minimum Gasteiger partial charge on any atom is -0.481 e. The number of carbonyl (C=O) groups is 3. The van der Waals surface area contributed by atoms with Crippen LogP contribution in [-0.4, -0.2) is 88.0 Å². The van der Waals surface area contributed by atoms with Gasteiger partial charge in [-0.2, -0.15) is 0 Å². The molecule has 10 nitrogen and oxygen atoms in total. The lowest BCUT2D eigenvalue weighted by atomic mass is 10.1. The molecule has 1 fully saturated rings. The van der Waals surface area contributed by atoms with Gasteiger partial charge in [-0.25, -0.2) is 4.98 Å². The summed E-state index contributed by atoms with van der Waals surface area (Å²) < 4.78 is 0. The molecule has 0 bridgehead atoms. The number of hydrogen-bond donors (Lipinski definition) is 4. The monoisotopic (exact) mass is 510 g/mol. The Morgan fingerprint density at radius 2 is 1.92 bits per heavy atom. The molecule has 2 aromatic heterocycles. The first-order chi connectivity index (χ1) is 17.2. The fraction of sp³-hybridized carbons (Fsp3) is 0.440. The van der Waals surface area contributed by atoms with E-state index in [0.29, 0.717) is 30.3 Å². The van der Waals surface area contributed by atoms with Crippen molar-refractivity contribution in [2.45, 2.75) is 38.4 Å². The Labute approximate surface area is 212 Å². The van der Waals surface area contributed by atoms with Crippen molar-refractivity contribution in [3.8, 4) is 0 Å². The van der Waals surface area contributed by atoms with Crippen LogP contribution in [0, 0.1) is 6.92 Å². The molecule has 0 aliphatic carbocycles. The summed E-state index contributed by atoms with van der Waals surface area (Å²) >= 11 is 1.41. The first-order valence-electron chi connectivity index (χ1n) is 12.1. The van der Waals surface area contributed by atoms with Crippen LogP contribution >= 0.6 is 11.3 Å². The Bertz CT molecular complexity index is 1320. The maximum atomic E-state index is 13.1. The molecule has 3 aromatic rings. The predicted molar refractivity (Wildman–Crippen MR) is 136 cm³/mol. The van der Waals surface area contributed by atoms with Crippen LogP contribution in [0.3, 0.4) is 0 Å². The number of amides is 2. The first-order valence-corrected chi connectivity index (χ1v) is 12.9. The number of fused-ring (bicyclic) bond motifs is 2. The van der Waals surface area contributed by atoms with Crippen LogP contribution in [-0.2, 0) is 17.8 Å². The molecule has 2 aliphatic rings. The molecule has 190 valence electrons. The van der Waals surface area contributed by atoms with E-state index in [2.05, 4.69) is 25.5 Å². The van der Waals surface area contributed by atoms with Crippen molar-refractivity contribution in [1.29, 1.82) is 0 Å². The van der Waals surface area contributed by atoms with Crippen molar-refractivity contribution in [3.63, 3.8) is 0 Å². The number of carboxylic acids is 1. The van der Waals surface area contributed by atoms with Crippen LogP contribution in [0.5, 0.6) is 0 Å². The summed E-state index contributed by atoms with van der Waals surface area (Å²) in [7, 11) is 2.05. The van der Waals surface area contributed by atoms with E-state index >= 15 is 0 Å². The topological polar surface area (TPSA) is 131 Å². The van der Waals surface area contributed by atoms with Crippen molar-refractivity contribution in [3.05, 3.63) is 51.1 Å². The lowest BCUT2D eigenvalue weighted by Crippen LogP contribution is -2.51. The fourth-order valence-electron chi connectivity index (χ4n) is 4.89. The molecule has 0 radical (unpaired) electrons. The van der Waals surface area contributed by atoms with Crippen LogP contribution < -0.4 is 10.6 Å². The molecule has 2 atom stereocenters. The van der Waals surface area contributed by atoms with Gasteiger partial charge in [0, 0.05) is 54.9 Å². The summed E-state index contributed by atoms with van der Waals surface area (Å²) in [6, 6.07) is 7.02. The van der Waals surface area contributed by atoms with Crippen molar-refractivity contribution in [1.82, 2.24) is 30.4 Å². The second-order valence-electron chi connectivity index (χ2n) is 9.71. The third-order valence-corrected chi connectivity index (χ3v) is 7.89. The standard InChI is InChI=1S/C25H30N6O4S/c1-14-3-4-16-15(9-14)10-18(26-16)23(34)27-19-11-31(8-6-22(32)33)12-20(19)28-24(35)25-29-17-5-7-30(2)13-21(17)36-25/h3-4,9-10,19-20,26H,5-8,11-13H2,1-2H3,(H,27,34)(H,28,35)(H,32,33)/t19-,20-/m1/s1. The number of likely N-dealkylation sites (tertiary alicyclic amines) is 1. The Morgan fingerprint density at radius 1 is 1.17 bits per heavy atom. The summed E-state index contributed by atoms with van der Waals surface area (Å²) in [4.78, 5) is 50.3. The lowest BCUT2D eigenvalue weighted by Gasteiger charge is -2.20. The number of H-pyrrole nitrogens is 1. The maximum Gasteiger partial charge on any atom is 0.304 e. The van der Waals surface area contributed by atoms with Crippen LogP contribution in [0.15, 0.2) is 24.3 Å². The average molecular weight is 511 g/mol. The Balaban J connectivity index is 1.30. The van der Waals surface area contributed by atoms with Gasteiger partial charge in [-0.15, -0.1) is 11.3 Å². The van der Waals surface area contributed by atoms with Gasteiger partial charge in [0.1, 0.15) is 5.69 Å². The number of aliphatic carboxylic acids is 1. The Morgan fingerprint density at radius 3 is 2.67 bits per heavy atom. The first kappa shape index (κ1) is 24.4. The van der Waals surface area contributed by atoms with Gasteiger partial charge >= 0.3 is 5.97 Å². The number of thiazole rings is 1. The maximum absolute atomic E-state index is 13.1. The molecule has 5 rings (SSSR count). The number of rotatable bonds is 7. The van der Waals surface area contributed by atoms with E-state index in [9.17, 15) is 14.4 Å². The van der Waals surface area contributed by atoms with Crippen molar-refractivity contribution in [2.24, 2.45) is 0 Å². The van der Waals surface area contributed by atoms with Gasteiger partial charge in [0.25, 0.3) is 11.8 Å². The molecule has 1 aromatic carbocycles. The molecule has 36 heavy (non-hydrogen) atoms. The Hall–Kier alpha value is -3.28. The molecule has 1 saturated heterocycles. The summed E-state index contributed by atoms with van der Waals surface area (Å²) in [6.07, 6.45) is 0.820. The van der Waals surface area contributed by atoms with E-state index in [1.165, 1.54) is 11.3 Å². The number of likely N-dealkylation sites (N-methyl/N-ethyl adjacent to an activating group) is 1. The van der Waals surface area contributed by atoms with Crippen molar-refractivity contribution in [2.75, 3.05) is 33.2 Å². The molecule has 0 spiro atoms. The van der Waals surface area contributed by atoms with Crippen molar-refractivity contribution < 1.29 is 19.5 Å². The Kier molecular flexibility index (Phi) is 6.78. The van der Waals surface area contributed by atoms with Gasteiger partial charge in [0.05, 0.1) is 24.2 Å².